The molecule has 1 aliphatic heterocycles. The molecule has 0 amide bonds. The molecule has 0 bridgehead atoms. The van der Waals surface area contributed by atoms with Crippen LogP contribution in [-0.2, 0) is 11.3 Å². The number of aromatic nitrogens is 6. The Bertz CT molecular complexity index is 817. The first-order chi connectivity index (χ1) is 12.4. The second kappa shape index (κ2) is 7.22. The van der Waals surface area contributed by atoms with Gasteiger partial charge in [-0.05, 0) is 6.07 Å². The Morgan fingerprint density at radius 1 is 1.12 bits per heavy atom. The molecule has 1 aliphatic rings. The molecule has 0 aromatic carbocycles. The molecule has 9 nitrogen and oxygen atoms in total. The Morgan fingerprint density at radius 2 is 2.04 bits per heavy atom. The summed E-state index contributed by atoms with van der Waals surface area (Å²) in [5.41, 5.74) is 1.000. The lowest BCUT2D eigenvalue weighted by atomic mass is 10.2. The fourth-order valence-corrected chi connectivity index (χ4v) is 2.69. The van der Waals surface area contributed by atoms with Gasteiger partial charge in [0.1, 0.15) is 30.6 Å². The third kappa shape index (κ3) is 3.56. The van der Waals surface area contributed by atoms with Crippen LogP contribution < -0.4 is 10.2 Å². The molecule has 0 radical (unpaired) electrons. The maximum atomic E-state index is 5.38. The predicted molar refractivity (Wildman–Crippen MR) is 91.5 cm³/mol. The first-order valence-corrected chi connectivity index (χ1v) is 8.08. The first-order valence-electron chi connectivity index (χ1n) is 8.08. The average Bonchev–Trinajstić information content (AvgIpc) is 3.22. The van der Waals surface area contributed by atoms with Crippen molar-refractivity contribution in [1.82, 2.24) is 29.7 Å². The van der Waals surface area contributed by atoms with Crippen LogP contribution in [0.25, 0.3) is 5.82 Å². The van der Waals surface area contributed by atoms with E-state index in [9.17, 15) is 0 Å². The van der Waals surface area contributed by atoms with Gasteiger partial charge < -0.3 is 15.0 Å². The highest BCUT2D eigenvalue weighted by Crippen LogP contribution is 2.17. The summed E-state index contributed by atoms with van der Waals surface area (Å²) in [6.07, 6.45) is 6.44. The van der Waals surface area contributed by atoms with Gasteiger partial charge in [-0.15, -0.1) is 0 Å². The molecule has 4 rings (SSSR count). The summed E-state index contributed by atoms with van der Waals surface area (Å²) in [7, 11) is 0. The maximum Gasteiger partial charge on any atom is 0.160 e. The monoisotopic (exact) mass is 338 g/mol. The molecule has 0 spiro atoms. The van der Waals surface area contributed by atoms with Gasteiger partial charge in [0, 0.05) is 37.5 Å². The van der Waals surface area contributed by atoms with Crippen LogP contribution in [-0.4, -0.2) is 56.0 Å². The fourth-order valence-electron chi connectivity index (χ4n) is 2.69. The lowest BCUT2D eigenvalue weighted by molar-refractivity contribution is 0.122. The van der Waals surface area contributed by atoms with Crippen molar-refractivity contribution in [2.45, 2.75) is 6.54 Å². The van der Waals surface area contributed by atoms with Crippen LogP contribution in [0.1, 0.15) is 5.56 Å². The van der Waals surface area contributed by atoms with Crippen LogP contribution in [0.15, 0.2) is 43.4 Å². The summed E-state index contributed by atoms with van der Waals surface area (Å²) in [6.45, 7) is 3.71. The van der Waals surface area contributed by atoms with Crippen LogP contribution in [0.4, 0.5) is 11.6 Å². The third-order valence-electron chi connectivity index (χ3n) is 3.95. The summed E-state index contributed by atoms with van der Waals surface area (Å²) in [4.78, 5) is 19.2. The zero-order valence-corrected chi connectivity index (χ0v) is 13.6. The van der Waals surface area contributed by atoms with Gasteiger partial charge in [-0.2, -0.15) is 5.10 Å². The van der Waals surface area contributed by atoms with Gasteiger partial charge in [-0.1, -0.05) is 6.07 Å². The molecule has 4 heterocycles. The molecule has 3 aromatic heterocycles. The van der Waals surface area contributed by atoms with Gasteiger partial charge in [-0.25, -0.2) is 24.6 Å². The first kappa shape index (κ1) is 15.5. The van der Waals surface area contributed by atoms with E-state index in [4.69, 9.17) is 4.74 Å². The van der Waals surface area contributed by atoms with E-state index in [1.165, 1.54) is 6.33 Å². The van der Waals surface area contributed by atoms with Crippen molar-refractivity contribution in [3.8, 4) is 5.82 Å². The number of nitrogens with zero attached hydrogens (tertiary/aromatic N) is 7. The second-order valence-corrected chi connectivity index (χ2v) is 5.54. The molecular weight excluding hydrogens is 320 g/mol. The summed E-state index contributed by atoms with van der Waals surface area (Å²) < 4.78 is 7.03. The summed E-state index contributed by atoms with van der Waals surface area (Å²) in [5.74, 6) is 2.42. The van der Waals surface area contributed by atoms with E-state index in [1.54, 1.807) is 23.5 Å². The second-order valence-electron chi connectivity index (χ2n) is 5.54. The van der Waals surface area contributed by atoms with Crippen LogP contribution >= 0.6 is 0 Å². The summed E-state index contributed by atoms with van der Waals surface area (Å²) in [5, 5.41) is 7.48. The highest BCUT2D eigenvalue weighted by Gasteiger charge is 2.13. The Kier molecular flexibility index (Phi) is 4.46. The van der Waals surface area contributed by atoms with E-state index in [2.05, 4.69) is 35.3 Å². The minimum absolute atomic E-state index is 0.572. The molecular formula is C16H18N8O. The zero-order valence-electron chi connectivity index (χ0n) is 13.6. The van der Waals surface area contributed by atoms with E-state index in [0.717, 1.165) is 49.3 Å². The van der Waals surface area contributed by atoms with Crippen molar-refractivity contribution in [1.29, 1.82) is 0 Å². The normalized spacial score (nSPS) is 14.5. The van der Waals surface area contributed by atoms with E-state index in [0.29, 0.717) is 6.54 Å². The molecule has 1 fully saturated rings. The SMILES string of the molecule is c1cnc(-n2cncn2)c(CNc2cc(N3CCOCC3)ncn2)c1. The summed E-state index contributed by atoms with van der Waals surface area (Å²) in [6, 6.07) is 5.86. The standard InChI is InChI=1S/C16H18N8O/c1-2-13(16(18-3-1)24-12-17-10-22-24)9-19-14-8-15(21-11-20-14)23-4-6-25-7-5-23/h1-3,8,10-12H,4-7,9H2,(H,19,20,21). The molecule has 9 heteroatoms. The van der Waals surface area contributed by atoms with Crippen LogP contribution in [0, 0.1) is 0 Å². The number of nitrogens with one attached hydrogen (secondary N) is 1. The van der Waals surface area contributed by atoms with Gasteiger partial charge in [-0.3, -0.25) is 0 Å². The number of hydrogen-bond donors (Lipinski definition) is 1. The molecule has 1 saturated heterocycles. The molecule has 25 heavy (non-hydrogen) atoms. The van der Waals surface area contributed by atoms with Crippen molar-refractivity contribution in [3.63, 3.8) is 0 Å². The Balaban J connectivity index is 1.49. The maximum absolute atomic E-state index is 5.38. The van der Waals surface area contributed by atoms with Crippen molar-refractivity contribution in [2.24, 2.45) is 0 Å². The topological polar surface area (TPSA) is 93.9 Å². The predicted octanol–water partition coefficient (Wildman–Crippen LogP) is 0.901. The molecule has 0 saturated carbocycles. The van der Waals surface area contributed by atoms with Gasteiger partial charge >= 0.3 is 0 Å². The summed E-state index contributed by atoms with van der Waals surface area (Å²) >= 11 is 0. The minimum atomic E-state index is 0.572. The van der Waals surface area contributed by atoms with Crippen LogP contribution in [0.5, 0.6) is 0 Å². The van der Waals surface area contributed by atoms with Crippen molar-refractivity contribution in [2.75, 3.05) is 36.5 Å². The quantitative estimate of drug-likeness (QED) is 0.733. The van der Waals surface area contributed by atoms with E-state index in [-0.39, 0.29) is 0 Å². The van der Waals surface area contributed by atoms with Crippen LogP contribution in [0.2, 0.25) is 0 Å². The van der Waals surface area contributed by atoms with E-state index in [1.807, 2.05) is 18.2 Å². The smallest absolute Gasteiger partial charge is 0.160 e. The zero-order chi connectivity index (χ0) is 16.9. The third-order valence-corrected chi connectivity index (χ3v) is 3.95. The number of rotatable bonds is 5. The largest absolute Gasteiger partial charge is 0.378 e. The molecule has 0 atom stereocenters. The van der Waals surface area contributed by atoms with Gasteiger partial charge in [0.25, 0.3) is 0 Å². The molecule has 0 aliphatic carbocycles. The molecule has 3 aromatic rings. The van der Waals surface area contributed by atoms with E-state index < -0.39 is 0 Å². The van der Waals surface area contributed by atoms with Crippen molar-refractivity contribution >= 4 is 11.6 Å². The number of morpholine rings is 1. The number of ether oxygens (including phenoxy) is 1. The molecule has 128 valence electrons. The number of anilines is 2. The van der Waals surface area contributed by atoms with Gasteiger partial charge in [0.05, 0.1) is 13.2 Å². The van der Waals surface area contributed by atoms with Crippen LogP contribution in [0.3, 0.4) is 0 Å². The lowest BCUT2D eigenvalue weighted by Crippen LogP contribution is -2.36. The lowest BCUT2D eigenvalue weighted by Gasteiger charge is -2.27. The molecule has 1 N–H and O–H groups in total. The van der Waals surface area contributed by atoms with Gasteiger partial charge in [0.15, 0.2) is 5.82 Å². The Morgan fingerprint density at radius 3 is 2.88 bits per heavy atom. The number of pyridine rings is 1. The molecule has 0 unspecified atom stereocenters. The Hall–Kier alpha value is -3.07. The van der Waals surface area contributed by atoms with Crippen molar-refractivity contribution in [3.05, 3.63) is 48.9 Å². The van der Waals surface area contributed by atoms with Gasteiger partial charge in [0.2, 0.25) is 0 Å². The highest BCUT2D eigenvalue weighted by molar-refractivity contribution is 5.49. The average molecular weight is 338 g/mol. The Labute approximate surface area is 144 Å². The highest BCUT2D eigenvalue weighted by atomic mass is 16.5. The van der Waals surface area contributed by atoms with E-state index >= 15 is 0 Å². The number of hydrogen-bond acceptors (Lipinski definition) is 8. The van der Waals surface area contributed by atoms with Crippen molar-refractivity contribution < 1.29 is 4.74 Å². The minimum Gasteiger partial charge on any atom is -0.378 e. The fraction of sp³-hybridized carbons (Fsp3) is 0.312.